The first-order valence-corrected chi connectivity index (χ1v) is 7.67. The van der Waals surface area contributed by atoms with Gasteiger partial charge in [0.15, 0.2) is 0 Å². The van der Waals surface area contributed by atoms with Crippen LogP contribution >= 0.6 is 0 Å². The molecule has 0 amide bonds. The lowest BCUT2D eigenvalue weighted by atomic mass is 9.98. The molecule has 2 aromatic rings. The molecule has 3 rings (SSSR count). The minimum Gasteiger partial charge on any atom is -0.370 e. The predicted molar refractivity (Wildman–Crippen MR) is 83.3 cm³/mol. The first-order chi connectivity index (χ1) is 9.79. The van der Waals surface area contributed by atoms with Gasteiger partial charge in [0, 0.05) is 12.6 Å². The second-order valence-corrected chi connectivity index (χ2v) is 5.66. The third-order valence-corrected chi connectivity index (χ3v) is 4.14. The van der Waals surface area contributed by atoms with Gasteiger partial charge in [-0.2, -0.15) is 5.10 Å². The smallest absolute Gasteiger partial charge is 0.125 e. The molecule has 106 valence electrons. The number of unbranched alkanes of at least 4 members (excludes halogenated alkanes) is 1. The molecule has 2 heterocycles. The minimum atomic E-state index is 0.378. The summed E-state index contributed by atoms with van der Waals surface area (Å²) in [6.45, 7) is 5.45. The molecule has 1 aromatic heterocycles. The molecule has 1 N–H and O–H groups in total. The Kier molecular flexibility index (Phi) is 3.77. The summed E-state index contributed by atoms with van der Waals surface area (Å²) in [6, 6.07) is 11.3. The molecule has 20 heavy (non-hydrogen) atoms. The molecule has 0 saturated carbocycles. The van der Waals surface area contributed by atoms with Gasteiger partial charge in [0.05, 0.1) is 11.7 Å². The van der Waals surface area contributed by atoms with Gasteiger partial charge in [-0.25, -0.2) is 4.68 Å². The van der Waals surface area contributed by atoms with Crippen molar-refractivity contribution in [2.45, 2.75) is 45.6 Å². The fourth-order valence-electron chi connectivity index (χ4n) is 3.00. The molecule has 1 aliphatic rings. The third kappa shape index (κ3) is 2.45. The highest BCUT2D eigenvalue weighted by atomic mass is 15.4. The maximum atomic E-state index is 4.84. The molecule has 1 aliphatic heterocycles. The van der Waals surface area contributed by atoms with Crippen LogP contribution in [0, 0.1) is 6.92 Å². The van der Waals surface area contributed by atoms with Crippen LogP contribution in [0.5, 0.6) is 0 Å². The van der Waals surface area contributed by atoms with E-state index in [-0.39, 0.29) is 0 Å². The van der Waals surface area contributed by atoms with Gasteiger partial charge in [-0.1, -0.05) is 37.6 Å². The van der Waals surface area contributed by atoms with Gasteiger partial charge in [0.2, 0.25) is 0 Å². The number of aryl methyl sites for hydroxylation is 2. The number of nitrogens with one attached hydrogen (secondary N) is 1. The molecule has 0 aliphatic carbocycles. The normalized spacial score (nSPS) is 17.6. The summed E-state index contributed by atoms with van der Waals surface area (Å²) in [6.07, 6.45) is 4.62. The fourth-order valence-corrected chi connectivity index (χ4v) is 3.00. The van der Waals surface area contributed by atoms with Crippen molar-refractivity contribution in [3.8, 4) is 0 Å². The van der Waals surface area contributed by atoms with Crippen LogP contribution in [0.2, 0.25) is 0 Å². The molecule has 0 fully saturated rings. The van der Waals surface area contributed by atoms with E-state index < -0.39 is 0 Å². The number of aromatic nitrogens is 2. The molecular weight excluding hydrogens is 246 g/mol. The molecule has 0 radical (unpaired) electrons. The number of rotatable bonds is 4. The average Bonchev–Trinajstić information content (AvgIpc) is 2.88. The zero-order valence-corrected chi connectivity index (χ0v) is 12.4. The van der Waals surface area contributed by atoms with E-state index >= 15 is 0 Å². The van der Waals surface area contributed by atoms with Crippen molar-refractivity contribution in [1.82, 2.24) is 9.78 Å². The van der Waals surface area contributed by atoms with Gasteiger partial charge in [0.1, 0.15) is 5.82 Å². The van der Waals surface area contributed by atoms with Crippen LogP contribution in [0.25, 0.3) is 0 Å². The maximum absolute atomic E-state index is 4.84. The highest BCUT2D eigenvalue weighted by Gasteiger charge is 2.23. The first kappa shape index (κ1) is 13.2. The van der Waals surface area contributed by atoms with Gasteiger partial charge in [-0.3, -0.25) is 0 Å². The molecule has 1 atom stereocenters. The Labute approximate surface area is 121 Å². The van der Waals surface area contributed by atoms with Crippen LogP contribution in [0.1, 0.15) is 49.0 Å². The van der Waals surface area contributed by atoms with Crippen LogP contribution in [0.4, 0.5) is 5.82 Å². The lowest BCUT2D eigenvalue weighted by Gasteiger charge is -2.27. The van der Waals surface area contributed by atoms with Crippen molar-refractivity contribution in [1.29, 1.82) is 0 Å². The maximum Gasteiger partial charge on any atom is 0.125 e. The Morgan fingerprint density at radius 1 is 1.35 bits per heavy atom. The van der Waals surface area contributed by atoms with Gasteiger partial charge in [0.25, 0.3) is 0 Å². The number of nitrogens with zero attached hydrogens (tertiary/aromatic N) is 2. The summed E-state index contributed by atoms with van der Waals surface area (Å²) in [7, 11) is 0. The molecular formula is C17H23N3. The van der Waals surface area contributed by atoms with Crippen molar-refractivity contribution in [3.05, 3.63) is 47.2 Å². The Morgan fingerprint density at radius 3 is 3.00 bits per heavy atom. The SMILES string of the molecule is CCCCc1cc2n(n1)C(c1ccccc1C)CCN2. The molecule has 0 bridgehead atoms. The van der Waals surface area contributed by atoms with Crippen LogP contribution < -0.4 is 5.32 Å². The molecule has 3 heteroatoms. The third-order valence-electron chi connectivity index (χ3n) is 4.14. The van der Waals surface area contributed by atoms with E-state index in [4.69, 9.17) is 5.10 Å². The quantitative estimate of drug-likeness (QED) is 0.911. The molecule has 1 aromatic carbocycles. The second-order valence-electron chi connectivity index (χ2n) is 5.66. The van der Waals surface area contributed by atoms with Crippen LogP contribution in [0.3, 0.4) is 0 Å². The van der Waals surface area contributed by atoms with Crippen molar-refractivity contribution < 1.29 is 0 Å². The Balaban J connectivity index is 1.93. The largest absolute Gasteiger partial charge is 0.370 e. The highest BCUT2D eigenvalue weighted by Crippen LogP contribution is 2.31. The fraction of sp³-hybridized carbons (Fsp3) is 0.471. The summed E-state index contributed by atoms with van der Waals surface area (Å²) in [5.74, 6) is 1.18. The molecule has 0 spiro atoms. The monoisotopic (exact) mass is 269 g/mol. The summed E-state index contributed by atoms with van der Waals surface area (Å²) in [5.41, 5.74) is 3.98. The van der Waals surface area contributed by atoms with Gasteiger partial charge in [-0.05, 0) is 37.3 Å². The first-order valence-electron chi connectivity index (χ1n) is 7.67. The van der Waals surface area contributed by atoms with E-state index in [0.717, 1.165) is 19.4 Å². The number of anilines is 1. The van der Waals surface area contributed by atoms with E-state index in [2.05, 4.69) is 54.2 Å². The number of fused-ring (bicyclic) bond motifs is 1. The average molecular weight is 269 g/mol. The lowest BCUT2D eigenvalue weighted by molar-refractivity contribution is 0.475. The van der Waals surface area contributed by atoms with Gasteiger partial charge < -0.3 is 5.32 Å². The van der Waals surface area contributed by atoms with Crippen LogP contribution in [-0.4, -0.2) is 16.3 Å². The number of benzene rings is 1. The molecule has 1 unspecified atom stereocenters. The molecule has 3 nitrogen and oxygen atoms in total. The zero-order valence-electron chi connectivity index (χ0n) is 12.4. The van der Waals surface area contributed by atoms with E-state index in [1.807, 2.05) is 0 Å². The van der Waals surface area contributed by atoms with Crippen molar-refractivity contribution in [2.75, 3.05) is 11.9 Å². The van der Waals surface area contributed by atoms with Crippen LogP contribution in [-0.2, 0) is 6.42 Å². The lowest BCUT2D eigenvalue weighted by Crippen LogP contribution is -2.24. The Morgan fingerprint density at radius 2 is 2.20 bits per heavy atom. The van der Waals surface area contributed by atoms with Crippen molar-refractivity contribution in [2.24, 2.45) is 0 Å². The van der Waals surface area contributed by atoms with E-state index in [0.29, 0.717) is 6.04 Å². The summed E-state index contributed by atoms with van der Waals surface area (Å²) in [5, 5.41) is 8.32. The Bertz CT molecular complexity index is 586. The van der Waals surface area contributed by atoms with E-state index in [1.165, 1.54) is 35.5 Å². The van der Waals surface area contributed by atoms with Gasteiger partial charge >= 0.3 is 0 Å². The van der Waals surface area contributed by atoms with Gasteiger partial charge in [-0.15, -0.1) is 0 Å². The van der Waals surface area contributed by atoms with Crippen LogP contribution in [0.15, 0.2) is 30.3 Å². The highest BCUT2D eigenvalue weighted by molar-refractivity contribution is 5.42. The van der Waals surface area contributed by atoms with Crippen molar-refractivity contribution in [3.63, 3.8) is 0 Å². The Hall–Kier alpha value is -1.77. The van der Waals surface area contributed by atoms with E-state index in [9.17, 15) is 0 Å². The second kappa shape index (κ2) is 5.70. The summed E-state index contributed by atoms with van der Waals surface area (Å²) < 4.78 is 2.19. The number of hydrogen-bond donors (Lipinski definition) is 1. The zero-order chi connectivity index (χ0) is 13.9. The summed E-state index contributed by atoms with van der Waals surface area (Å²) >= 11 is 0. The molecule has 0 saturated heterocycles. The van der Waals surface area contributed by atoms with E-state index in [1.54, 1.807) is 0 Å². The topological polar surface area (TPSA) is 29.9 Å². The van der Waals surface area contributed by atoms with Crippen molar-refractivity contribution >= 4 is 5.82 Å². The number of hydrogen-bond acceptors (Lipinski definition) is 2. The summed E-state index contributed by atoms with van der Waals surface area (Å²) in [4.78, 5) is 0. The minimum absolute atomic E-state index is 0.378. The standard InChI is InChI=1S/C17H23N3/c1-3-4-8-14-12-17-18-11-10-16(20(17)19-14)15-9-6-5-7-13(15)2/h5-7,9,12,16,18H,3-4,8,10-11H2,1-2H3. The predicted octanol–water partition coefficient (Wildman–Crippen LogP) is 3.94.